The Morgan fingerprint density at radius 1 is 1.20 bits per heavy atom. The molecule has 3 heteroatoms. The fourth-order valence-corrected chi connectivity index (χ4v) is 2.65. The van der Waals surface area contributed by atoms with Crippen LogP contribution in [0.15, 0.2) is 54.2 Å². The average Bonchev–Trinajstić information content (AvgIpc) is 2.50. The van der Waals surface area contributed by atoms with Crippen LogP contribution >= 0.6 is 0 Å². The second kappa shape index (κ2) is 4.93. The Kier molecular flexibility index (Phi) is 3.11. The molecule has 0 saturated carbocycles. The Labute approximate surface area is 117 Å². The van der Waals surface area contributed by atoms with E-state index in [1.807, 2.05) is 12.1 Å². The Bertz CT molecular complexity index is 680. The summed E-state index contributed by atoms with van der Waals surface area (Å²) < 4.78 is 0. The lowest BCUT2D eigenvalue weighted by atomic mass is 9.80. The largest absolute Gasteiger partial charge is 0.382 e. The van der Waals surface area contributed by atoms with E-state index in [-0.39, 0.29) is 11.6 Å². The van der Waals surface area contributed by atoms with Crippen LogP contribution in [0.4, 0.5) is 5.69 Å². The minimum atomic E-state index is -0.0409. The highest BCUT2D eigenvalue weighted by Crippen LogP contribution is 2.33. The summed E-state index contributed by atoms with van der Waals surface area (Å²) in [6.45, 7) is 4.27. The van der Waals surface area contributed by atoms with Crippen molar-refractivity contribution in [2.24, 2.45) is 0 Å². The highest BCUT2D eigenvalue weighted by molar-refractivity contribution is 6.28. The standard InChI is InChI=1S/C17H15NO2/c1-2-9-18-11-7-8-14-15(10-11)17(20)13-6-4-3-5-12(13)16(14)19/h2-3,5,7-8,10,18H,1,4,6,9H2. The first-order valence-electron chi connectivity index (χ1n) is 6.70. The monoisotopic (exact) mass is 265 g/mol. The molecule has 20 heavy (non-hydrogen) atoms. The van der Waals surface area contributed by atoms with Crippen molar-refractivity contribution in [1.29, 1.82) is 0 Å². The maximum atomic E-state index is 12.5. The van der Waals surface area contributed by atoms with E-state index in [0.717, 1.165) is 12.1 Å². The predicted octanol–water partition coefficient (Wildman–Crippen LogP) is 3.31. The van der Waals surface area contributed by atoms with E-state index in [1.165, 1.54) is 0 Å². The number of allylic oxidation sites excluding steroid dienone is 4. The van der Waals surface area contributed by atoms with Crippen LogP contribution in [0.5, 0.6) is 0 Å². The number of nitrogens with one attached hydrogen (secondary N) is 1. The number of anilines is 1. The summed E-state index contributed by atoms with van der Waals surface area (Å²) in [5, 5.41) is 3.14. The van der Waals surface area contributed by atoms with E-state index in [2.05, 4.69) is 11.9 Å². The van der Waals surface area contributed by atoms with Crippen molar-refractivity contribution in [2.45, 2.75) is 12.8 Å². The molecule has 3 nitrogen and oxygen atoms in total. The molecule has 0 atom stereocenters. The highest BCUT2D eigenvalue weighted by atomic mass is 16.1. The molecule has 2 aliphatic carbocycles. The first-order chi connectivity index (χ1) is 9.72. The second-order valence-electron chi connectivity index (χ2n) is 4.92. The first kappa shape index (κ1) is 12.6. The number of carbonyl (C=O) groups excluding carboxylic acids is 2. The quantitative estimate of drug-likeness (QED) is 0.853. The van der Waals surface area contributed by atoms with Gasteiger partial charge in [0, 0.05) is 34.5 Å². The number of carbonyl (C=O) groups is 2. The molecule has 2 aliphatic rings. The van der Waals surface area contributed by atoms with Crippen LogP contribution in [0, 0.1) is 0 Å². The van der Waals surface area contributed by atoms with Gasteiger partial charge in [-0.25, -0.2) is 0 Å². The summed E-state index contributed by atoms with van der Waals surface area (Å²) in [5.41, 5.74) is 3.08. The number of rotatable bonds is 3. The topological polar surface area (TPSA) is 46.2 Å². The van der Waals surface area contributed by atoms with Crippen molar-refractivity contribution < 1.29 is 9.59 Å². The maximum absolute atomic E-state index is 12.5. The molecular weight excluding hydrogens is 250 g/mol. The molecule has 0 fully saturated rings. The summed E-state index contributed by atoms with van der Waals surface area (Å²) in [7, 11) is 0. The molecule has 0 aliphatic heterocycles. The van der Waals surface area contributed by atoms with Crippen molar-refractivity contribution in [3.8, 4) is 0 Å². The maximum Gasteiger partial charge on any atom is 0.194 e. The fraction of sp³-hybridized carbons (Fsp3) is 0.176. The number of hydrogen-bond acceptors (Lipinski definition) is 3. The SMILES string of the molecule is C=CCNc1ccc2c(c1)C(=O)C1=C(C=CCC1)C2=O. The lowest BCUT2D eigenvalue weighted by Crippen LogP contribution is -2.22. The number of fused-ring (bicyclic) bond motifs is 1. The van der Waals surface area contributed by atoms with Gasteiger partial charge in [0.2, 0.25) is 0 Å². The lowest BCUT2D eigenvalue weighted by molar-refractivity contribution is 0.0974. The molecule has 100 valence electrons. The van der Waals surface area contributed by atoms with Gasteiger partial charge in [0.25, 0.3) is 0 Å². The molecule has 3 rings (SSSR count). The van der Waals surface area contributed by atoms with Crippen molar-refractivity contribution in [2.75, 3.05) is 11.9 Å². The van der Waals surface area contributed by atoms with E-state index in [4.69, 9.17) is 0 Å². The average molecular weight is 265 g/mol. The molecule has 0 aromatic heterocycles. The van der Waals surface area contributed by atoms with Crippen LogP contribution in [0.1, 0.15) is 33.6 Å². The van der Waals surface area contributed by atoms with Gasteiger partial charge < -0.3 is 5.32 Å². The molecule has 0 heterocycles. The highest BCUT2D eigenvalue weighted by Gasteiger charge is 2.31. The van der Waals surface area contributed by atoms with E-state index in [9.17, 15) is 9.59 Å². The van der Waals surface area contributed by atoms with E-state index >= 15 is 0 Å². The van der Waals surface area contributed by atoms with Crippen molar-refractivity contribution in [3.63, 3.8) is 0 Å². The van der Waals surface area contributed by atoms with Crippen LogP contribution in [0.2, 0.25) is 0 Å². The van der Waals surface area contributed by atoms with Gasteiger partial charge in [0.1, 0.15) is 0 Å². The summed E-state index contributed by atoms with van der Waals surface area (Å²) in [4.78, 5) is 25.0. The minimum absolute atomic E-state index is 0.0128. The summed E-state index contributed by atoms with van der Waals surface area (Å²) in [6, 6.07) is 5.32. The third kappa shape index (κ3) is 1.92. The zero-order valence-electron chi connectivity index (χ0n) is 11.1. The lowest BCUT2D eigenvalue weighted by Gasteiger charge is -2.22. The van der Waals surface area contributed by atoms with Crippen molar-refractivity contribution in [1.82, 2.24) is 0 Å². The van der Waals surface area contributed by atoms with Crippen LogP contribution in [-0.4, -0.2) is 18.1 Å². The Morgan fingerprint density at radius 3 is 2.85 bits per heavy atom. The zero-order chi connectivity index (χ0) is 14.1. The molecular formula is C17H15NO2. The van der Waals surface area contributed by atoms with Gasteiger partial charge in [-0.3, -0.25) is 9.59 Å². The zero-order valence-corrected chi connectivity index (χ0v) is 11.1. The molecule has 1 N–H and O–H groups in total. The molecule has 0 radical (unpaired) electrons. The Balaban J connectivity index is 2.06. The van der Waals surface area contributed by atoms with Crippen LogP contribution in [0.25, 0.3) is 0 Å². The second-order valence-corrected chi connectivity index (χ2v) is 4.92. The molecule has 0 bridgehead atoms. The summed E-state index contributed by atoms with van der Waals surface area (Å²) in [6.07, 6.45) is 6.96. The van der Waals surface area contributed by atoms with Gasteiger partial charge in [-0.05, 0) is 31.0 Å². The van der Waals surface area contributed by atoms with Crippen molar-refractivity contribution >= 4 is 17.3 Å². The normalized spacial score (nSPS) is 16.8. The Morgan fingerprint density at radius 2 is 2.05 bits per heavy atom. The van der Waals surface area contributed by atoms with Gasteiger partial charge in [-0.15, -0.1) is 6.58 Å². The molecule has 0 spiro atoms. The van der Waals surface area contributed by atoms with Gasteiger partial charge in [0.15, 0.2) is 11.6 Å². The van der Waals surface area contributed by atoms with Gasteiger partial charge >= 0.3 is 0 Å². The smallest absolute Gasteiger partial charge is 0.194 e. The number of hydrogen-bond donors (Lipinski definition) is 1. The molecule has 0 amide bonds. The molecule has 1 aromatic carbocycles. The molecule has 0 unspecified atom stereocenters. The van der Waals surface area contributed by atoms with Crippen molar-refractivity contribution in [3.05, 3.63) is 65.3 Å². The number of benzene rings is 1. The third-order valence-corrected chi connectivity index (χ3v) is 3.65. The van der Waals surface area contributed by atoms with E-state index < -0.39 is 0 Å². The number of ketones is 2. The predicted molar refractivity (Wildman–Crippen MR) is 79.2 cm³/mol. The van der Waals surface area contributed by atoms with Crippen LogP contribution in [0.3, 0.4) is 0 Å². The van der Waals surface area contributed by atoms with E-state index in [1.54, 1.807) is 24.3 Å². The van der Waals surface area contributed by atoms with Crippen LogP contribution < -0.4 is 5.32 Å². The van der Waals surface area contributed by atoms with Gasteiger partial charge in [-0.1, -0.05) is 18.2 Å². The van der Waals surface area contributed by atoms with Crippen LogP contribution in [-0.2, 0) is 0 Å². The minimum Gasteiger partial charge on any atom is -0.382 e. The van der Waals surface area contributed by atoms with Gasteiger partial charge in [0.05, 0.1) is 0 Å². The summed E-state index contributed by atoms with van der Waals surface area (Å²) in [5.74, 6) is -0.0537. The molecule has 0 saturated heterocycles. The van der Waals surface area contributed by atoms with Gasteiger partial charge in [-0.2, -0.15) is 0 Å². The summed E-state index contributed by atoms with van der Waals surface area (Å²) >= 11 is 0. The fourth-order valence-electron chi connectivity index (χ4n) is 2.65. The Hall–Kier alpha value is -2.42. The third-order valence-electron chi connectivity index (χ3n) is 3.65. The number of Topliss-reactive ketones (excluding diaryl/α,β-unsaturated/α-hetero) is 2. The van der Waals surface area contributed by atoms with E-state index in [0.29, 0.717) is 35.2 Å². The first-order valence-corrected chi connectivity index (χ1v) is 6.70. The molecule has 1 aromatic rings.